The average molecular weight is 551 g/mol. The number of alkyl halides is 1. The summed E-state index contributed by atoms with van der Waals surface area (Å²) in [7, 11) is 0. The van der Waals surface area contributed by atoms with Crippen LogP contribution in [-0.2, 0) is 4.79 Å². The molecular formula is C29H55FN8O. The Balaban J connectivity index is 1.58. The number of aliphatic imine (C=N–C) groups is 1. The summed E-state index contributed by atoms with van der Waals surface area (Å²) in [5.41, 5.74) is 19.3. The van der Waals surface area contributed by atoms with Crippen molar-refractivity contribution in [2.24, 2.45) is 39.6 Å². The fourth-order valence-electron chi connectivity index (χ4n) is 8.12. The van der Waals surface area contributed by atoms with Crippen LogP contribution in [0.2, 0.25) is 0 Å². The van der Waals surface area contributed by atoms with E-state index in [4.69, 9.17) is 11.5 Å². The van der Waals surface area contributed by atoms with Gasteiger partial charge in [0.25, 0.3) is 0 Å². The van der Waals surface area contributed by atoms with E-state index in [2.05, 4.69) is 52.1 Å². The molecule has 0 spiro atoms. The lowest BCUT2D eigenvalue weighted by atomic mass is 9.69. The summed E-state index contributed by atoms with van der Waals surface area (Å²) in [4.78, 5) is 21.2. The number of hydrogen-bond acceptors (Lipinski definition) is 8. The first kappa shape index (κ1) is 30.8. The summed E-state index contributed by atoms with van der Waals surface area (Å²) in [6, 6.07) is -0.328. The van der Waals surface area contributed by atoms with Gasteiger partial charge in [-0.1, -0.05) is 58.8 Å². The van der Waals surface area contributed by atoms with Crippen molar-refractivity contribution in [1.82, 2.24) is 26.4 Å². The predicted octanol–water partition coefficient (Wildman–Crippen LogP) is 2.37. The summed E-state index contributed by atoms with van der Waals surface area (Å²) in [6.07, 6.45) is 10.9. The first-order valence-electron chi connectivity index (χ1n) is 15.7. The Morgan fingerprint density at radius 3 is 2.62 bits per heavy atom. The van der Waals surface area contributed by atoms with E-state index in [9.17, 15) is 9.18 Å². The molecule has 224 valence electrons. The molecule has 2 saturated heterocycles. The molecule has 1 saturated carbocycles. The highest BCUT2D eigenvalue weighted by Crippen LogP contribution is 2.42. The van der Waals surface area contributed by atoms with Gasteiger partial charge in [-0.3, -0.25) is 14.7 Å². The lowest BCUT2D eigenvalue weighted by Crippen LogP contribution is -2.67. The normalized spacial score (nSPS) is 37.9. The molecule has 4 rings (SSSR count). The molecule has 4 aliphatic rings. The molecule has 39 heavy (non-hydrogen) atoms. The Morgan fingerprint density at radius 1 is 1.21 bits per heavy atom. The zero-order valence-electron chi connectivity index (χ0n) is 24.5. The van der Waals surface area contributed by atoms with Gasteiger partial charge in [0.2, 0.25) is 5.91 Å². The highest BCUT2D eigenvalue weighted by molar-refractivity contribution is 5.81. The summed E-state index contributed by atoms with van der Waals surface area (Å²) < 4.78 is 14.7. The van der Waals surface area contributed by atoms with Crippen LogP contribution in [0, 0.1) is 23.2 Å². The average Bonchev–Trinajstić information content (AvgIpc) is 3.35. The molecule has 3 heterocycles. The third-order valence-corrected chi connectivity index (χ3v) is 10.3. The van der Waals surface area contributed by atoms with E-state index in [0.717, 1.165) is 38.9 Å². The van der Waals surface area contributed by atoms with Crippen LogP contribution in [0.3, 0.4) is 0 Å². The van der Waals surface area contributed by atoms with Gasteiger partial charge in [-0.2, -0.15) is 0 Å². The fourth-order valence-corrected chi connectivity index (χ4v) is 8.12. The quantitative estimate of drug-likeness (QED) is 0.243. The molecule has 0 radical (unpaired) electrons. The maximum absolute atomic E-state index is 14.7. The number of hydrazine groups is 1. The van der Waals surface area contributed by atoms with Crippen LogP contribution >= 0.6 is 0 Å². The van der Waals surface area contributed by atoms with Gasteiger partial charge in [0.05, 0.1) is 37.0 Å². The van der Waals surface area contributed by atoms with Gasteiger partial charge in [-0.05, 0) is 56.4 Å². The number of carbonyl (C=O) groups excluding carboxylic acids is 1. The Labute approximate surface area is 235 Å². The van der Waals surface area contributed by atoms with E-state index in [-0.39, 0.29) is 29.6 Å². The summed E-state index contributed by atoms with van der Waals surface area (Å²) in [5, 5.41) is 7.06. The molecule has 0 bridgehead atoms. The third-order valence-electron chi connectivity index (χ3n) is 10.3. The molecule has 0 aromatic rings. The van der Waals surface area contributed by atoms with Crippen LogP contribution in [-0.4, -0.2) is 73.4 Å². The van der Waals surface area contributed by atoms with Gasteiger partial charge >= 0.3 is 0 Å². The second kappa shape index (κ2) is 14.1. The van der Waals surface area contributed by atoms with Crippen LogP contribution in [0.5, 0.6) is 0 Å². The van der Waals surface area contributed by atoms with E-state index < -0.39 is 24.3 Å². The Hall–Kier alpha value is -1.17. The molecule has 0 aromatic heterocycles. The monoisotopic (exact) mass is 550 g/mol. The number of nitrogens with zero attached hydrogens (tertiary/aromatic N) is 2. The first-order valence-corrected chi connectivity index (χ1v) is 15.7. The minimum Gasteiger partial charge on any atom is -0.350 e. The van der Waals surface area contributed by atoms with Gasteiger partial charge in [-0.25, -0.2) is 15.2 Å². The summed E-state index contributed by atoms with van der Waals surface area (Å²) in [5.74, 6) is 0.227. The second-order valence-corrected chi connectivity index (χ2v) is 12.8. The first-order chi connectivity index (χ1) is 18.8. The number of amides is 1. The molecule has 1 amide bonds. The Morgan fingerprint density at radius 2 is 1.97 bits per heavy atom. The maximum atomic E-state index is 14.7. The van der Waals surface area contributed by atoms with Gasteiger partial charge < -0.3 is 22.1 Å². The van der Waals surface area contributed by atoms with E-state index in [1.807, 2.05) is 0 Å². The fraction of sp³-hybridized carbons (Fsp3) is 0.931. The predicted molar refractivity (Wildman–Crippen MR) is 155 cm³/mol. The van der Waals surface area contributed by atoms with E-state index in [1.165, 1.54) is 38.3 Å². The van der Waals surface area contributed by atoms with Crippen LogP contribution in [0.25, 0.3) is 0 Å². The Bertz CT molecular complexity index is 808. The standard InChI is InChI=1S/C29H55FN8O/c1-4-12-29(5-2)13-11-21(30)15-34-23(14-29)25(27(31)32)28(39)36-24-17-33-16-22(20-9-7-6-8-10-20)26(24)38-18-35-37-19(38)3/h15,19-27,33,35,37H,4-14,16-18,31-32H2,1-3H3,(H,36,39). The number of nitrogens with two attached hydrogens (primary N) is 2. The molecule has 9 nitrogen and oxygen atoms in total. The van der Waals surface area contributed by atoms with Crippen LogP contribution < -0.4 is 33.0 Å². The SMILES string of the molecule is CCCC1(CC)CCC(F)C=NC(C(C(=O)NC2CNCC(C3CCCCC3)C2N2CNNC2C)C(N)N)C1. The highest BCUT2D eigenvalue weighted by atomic mass is 19.1. The smallest absolute Gasteiger partial charge is 0.228 e. The topological polar surface area (TPSA) is 133 Å². The van der Waals surface area contributed by atoms with E-state index in [0.29, 0.717) is 31.2 Å². The lowest BCUT2D eigenvalue weighted by Gasteiger charge is -2.48. The van der Waals surface area contributed by atoms with Crippen molar-refractivity contribution in [1.29, 1.82) is 0 Å². The zero-order chi connectivity index (χ0) is 28.0. The number of piperidine rings is 1. The number of rotatable bonds is 9. The molecule has 1 aliphatic carbocycles. The molecular weight excluding hydrogens is 495 g/mol. The number of carbonyl (C=O) groups is 1. The van der Waals surface area contributed by atoms with Gasteiger partial charge in [0.15, 0.2) is 0 Å². The molecule has 3 fully saturated rings. The molecule has 0 aromatic carbocycles. The summed E-state index contributed by atoms with van der Waals surface area (Å²) in [6.45, 7) is 8.92. The van der Waals surface area contributed by atoms with E-state index >= 15 is 0 Å². The summed E-state index contributed by atoms with van der Waals surface area (Å²) >= 11 is 0. The third kappa shape index (κ3) is 7.38. The van der Waals surface area contributed by atoms with Crippen molar-refractivity contribution in [3.63, 3.8) is 0 Å². The number of hydrogen-bond donors (Lipinski definition) is 6. The maximum Gasteiger partial charge on any atom is 0.228 e. The molecule has 8 atom stereocenters. The van der Waals surface area contributed by atoms with Gasteiger partial charge in [0, 0.05) is 18.8 Å². The van der Waals surface area contributed by atoms with Gasteiger partial charge in [-0.15, -0.1) is 0 Å². The number of halogens is 1. The van der Waals surface area contributed by atoms with Crippen LogP contribution in [0.1, 0.15) is 91.4 Å². The lowest BCUT2D eigenvalue weighted by molar-refractivity contribution is -0.128. The van der Waals surface area contributed by atoms with Crippen molar-refractivity contribution in [2.75, 3.05) is 19.8 Å². The molecule has 10 heteroatoms. The van der Waals surface area contributed by atoms with E-state index in [1.54, 1.807) is 0 Å². The largest absolute Gasteiger partial charge is 0.350 e. The minimum atomic E-state index is -1.10. The van der Waals surface area contributed by atoms with Crippen LogP contribution in [0.4, 0.5) is 4.39 Å². The van der Waals surface area contributed by atoms with Crippen molar-refractivity contribution in [3.8, 4) is 0 Å². The van der Waals surface area contributed by atoms with Crippen molar-refractivity contribution >= 4 is 12.1 Å². The zero-order valence-corrected chi connectivity index (χ0v) is 24.5. The Kier molecular flexibility index (Phi) is 11.2. The van der Waals surface area contributed by atoms with Crippen molar-refractivity contribution < 1.29 is 9.18 Å². The number of nitrogens with one attached hydrogen (secondary N) is 4. The molecule has 3 aliphatic heterocycles. The highest BCUT2D eigenvalue weighted by Gasteiger charge is 2.46. The van der Waals surface area contributed by atoms with Gasteiger partial charge in [0.1, 0.15) is 6.17 Å². The van der Waals surface area contributed by atoms with Crippen molar-refractivity contribution in [2.45, 2.75) is 128 Å². The van der Waals surface area contributed by atoms with Crippen LogP contribution in [0.15, 0.2) is 4.99 Å². The minimum absolute atomic E-state index is 0.0573. The molecule has 8 unspecified atom stereocenters. The molecule has 8 N–H and O–H groups in total. The second-order valence-electron chi connectivity index (χ2n) is 12.8. The van der Waals surface area contributed by atoms with Crippen molar-refractivity contribution in [3.05, 3.63) is 0 Å².